The van der Waals surface area contributed by atoms with Crippen LogP contribution in [0.15, 0.2) is 0 Å². The number of rotatable bonds is 5. The number of ketones is 1. The van der Waals surface area contributed by atoms with E-state index in [-0.39, 0.29) is 12.5 Å². The summed E-state index contributed by atoms with van der Waals surface area (Å²) < 4.78 is 9.83. The van der Waals surface area contributed by atoms with E-state index in [1.165, 1.54) is 0 Å². The SMILES string of the molecule is CCOC(=O)[C@@H]1C(=O)C(=O)O[C@H]1C(CC)CC. The highest BCUT2D eigenvalue weighted by Gasteiger charge is 2.51. The van der Waals surface area contributed by atoms with Gasteiger partial charge in [0.2, 0.25) is 0 Å². The summed E-state index contributed by atoms with van der Waals surface area (Å²) in [5.74, 6) is -3.41. The average molecular weight is 242 g/mol. The molecule has 0 saturated carbocycles. The third-order valence-electron chi connectivity index (χ3n) is 3.11. The van der Waals surface area contributed by atoms with Gasteiger partial charge >= 0.3 is 11.9 Å². The lowest BCUT2D eigenvalue weighted by molar-refractivity contribution is -0.152. The van der Waals surface area contributed by atoms with Crippen molar-refractivity contribution >= 4 is 17.7 Å². The molecule has 1 aliphatic rings. The third-order valence-corrected chi connectivity index (χ3v) is 3.11. The normalized spacial score (nSPS) is 24.0. The van der Waals surface area contributed by atoms with Crippen LogP contribution in [0.5, 0.6) is 0 Å². The molecule has 1 rings (SSSR count). The Morgan fingerprint density at radius 2 is 1.88 bits per heavy atom. The fraction of sp³-hybridized carbons (Fsp3) is 0.750. The number of esters is 2. The van der Waals surface area contributed by atoms with E-state index < -0.39 is 29.7 Å². The van der Waals surface area contributed by atoms with Gasteiger partial charge in [-0.25, -0.2) is 4.79 Å². The second kappa shape index (κ2) is 5.80. The minimum absolute atomic E-state index is 0.0137. The number of Topliss-reactive ketones (excluding diaryl/α,β-unsaturated/α-hetero) is 1. The van der Waals surface area contributed by atoms with Crippen molar-refractivity contribution in [1.82, 2.24) is 0 Å². The van der Waals surface area contributed by atoms with Gasteiger partial charge in [0.05, 0.1) is 6.61 Å². The van der Waals surface area contributed by atoms with Crippen molar-refractivity contribution in [2.45, 2.75) is 39.7 Å². The molecule has 0 bridgehead atoms. The highest BCUT2D eigenvalue weighted by atomic mass is 16.6. The van der Waals surface area contributed by atoms with Crippen molar-refractivity contribution in [1.29, 1.82) is 0 Å². The van der Waals surface area contributed by atoms with Gasteiger partial charge in [-0.2, -0.15) is 0 Å². The molecule has 17 heavy (non-hydrogen) atoms. The summed E-state index contributed by atoms with van der Waals surface area (Å²) in [6.07, 6.45) is 0.832. The molecule has 0 radical (unpaired) electrons. The summed E-state index contributed by atoms with van der Waals surface area (Å²) in [6, 6.07) is 0. The van der Waals surface area contributed by atoms with E-state index in [0.717, 1.165) is 12.8 Å². The molecule has 0 aromatic carbocycles. The zero-order valence-electron chi connectivity index (χ0n) is 10.4. The molecular formula is C12H18O5. The Balaban J connectivity index is 2.91. The molecule has 0 amide bonds. The quantitative estimate of drug-likeness (QED) is 0.410. The first kappa shape index (κ1) is 13.7. The molecule has 96 valence electrons. The standard InChI is InChI=1S/C12H18O5/c1-4-7(5-2)10-8(11(14)16-6-3)9(13)12(15)17-10/h7-8,10H,4-6H2,1-3H3/t8-,10+/m1/s1. The number of hydrogen-bond acceptors (Lipinski definition) is 5. The van der Waals surface area contributed by atoms with Crippen molar-refractivity contribution in [3.63, 3.8) is 0 Å². The highest BCUT2D eigenvalue weighted by Crippen LogP contribution is 2.30. The van der Waals surface area contributed by atoms with Gasteiger partial charge in [-0.15, -0.1) is 0 Å². The van der Waals surface area contributed by atoms with Crippen LogP contribution in [0.3, 0.4) is 0 Å². The van der Waals surface area contributed by atoms with Gasteiger partial charge in [-0.1, -0.05) is 13.8 Å². The van der Waals surface area contributed by atoms with Crippen molar-refractivity contribution in [3.05, 3.63) is 0 Å². The third kappa shape index (κ3) is 2.65. The highest BCUT2D eigenvalue weighted by molar-refractivity contribution is 6.40. The first-order valence-electron chi connectivity index (χ1n) is 5.98. The van der Waals surface area contributed by atoms with E-state index in [9.17, 15) is 14.4 Å². The van der Waals surface area contributed by atoms with Crippen LogP contribution in [0.1, 0.15) is 33.6 Å². The van der Waals surface area contributed by atoms with Crippen molar-refractivity contribution in [3.8, 4) is 0 Å². The molecule has 1 fully saturated rings. The molecule has 1 aliphatic heterocycles. The number of cyclic esters (lactones) is 1. The summed E-state index contributed by atoms with van der Waals surface area (Å²) in [4.78, 5) is 34.5. The molecule has 0 spiro atoms. The summed E-state index contributed by atoms with van der Waals surface area (Å²) in [7, 11) is 0. The van der Waals surface area contributed by atoms with Crippen LogP contribution in [0, 0.1) is 11.8 Å². The minimum Gasteiger partial charge on any atom is -0.465 e. The Bertz CT molecular complexity index is 319. The summed E-state index contributed by atoms with van der Waals surface area (Å²) in [5, 5.41) is 0. The molecule has 5 nitrogen and oxygen atoms in total. The van der Waals surface area contributed by atoms with Crippen molar-refractivity contribution in [2.24, 2.45) is 11.8 Å². The van der Waals surface area contributed by atoms with Gasteiger partial charge in [-0.05, 0) is 25.7 Å². The number of ether oxygens (including phenoxy) is 2. The Kier molecular flexibility index (Phi) is 4.66. The lowest BCUT2D eigenvalue weighted by Crippen LogP contribution is -2.35. The summed E-state index contributed by atoms with van der Waals surface area (Å²) >= 11 is 0. The molecule has 2 atom stereocenters. The summed E-state index contributed by atoms with van der Waals surface area (Å²) in [5.41, 5.74) is 0. The zero-order chi connectivity index (χ0) is 13.0. The van der Waals surface area contributed by atoms with E-state index in [4.69, 9.17) is 9.47 Å². The zero-order valence-corrected chi connectivity index (χ0v) is 10.4. The Hall–Kier alpha value is -1.39. The van der Waals surface area contributed by atoms with Crippen LogP contribution in [0.2, 0.25) is 0 Å². The maximum Gasteiger partial charge on any atom is 0.376 e. The molecule has 0 aromatic rings. The van der Waals surface area contributed by atoms with E-state index in [1.807, 2.05) is 13.8 Å². The Labute approximate surface area is 100 Å². The molecule has 0 unspecified atom stereocenters. The first-order valence-corrected chi connectivity index (χ1v) is 5.98. The van der Waals surface area contributed by atoms with Crippen molar-refractivity contribution in [2.75, 3.05) is 6.61 Å². The van der Waals surface area contributed by atoms with Crippen molar-refractivity contribution < 1.29 is 23.9 Å². The first-order chi connectivity index (χ1) is 8.06. The monoisotopic (exact) mass is 242 g/mol. The van der Waals surface area contributed by atoms with Gasteiger partial charge in [0.1, 0.15) is 6.10 Å². The predicted octanol–water partition coefficient (Wildman–Crippen LogP) is 1.10. The minimum atomic E-state index is -1.08. The van der Waals surface area contributed by atoms with Crippen LogP contribution in [-0.4, -0.2) is 30.4 Å². The van der Waals surface area contributed by atoms with Crippen LogP contribution in [0.25, 0.3) is 0 Å². The molecule has 0 aromatic heterocycles. The van der Waals surface area contributed by atoms with Crippen LogP contribution in [-0.2, 0) is 23.9 Å². The molecule has 1 heterocycles. The predicted molar refractivity (Wildman–Crippen MR) is 59.1 cm³/mol. The van der Waals surface area contributed by atoms with Crippen LogP contribution >= 0.6 is 0 Å². The fourth-order valence-corrected chi connectivity index (χ4v) is 2.12. The Morgan fingerprint density at radius 1 is 1.29 bits per heavy atom. The van der Waals surface area contributed by atoms with E-state index in [2.05, 4.69) is 0 Å². The lowest BCUT2D eigenvalue weighted by atomic mass is 9.86. The Morgan fingerprint density at radius 3 is 2.35 bits per heavy atom. The van der Waals surface area contributed by atoms with Gasteiger partial charge in [0.15, 0.2) is 5.92 Å². The smallest absolute Gasteiger partial charge is 0.376 e. The van der Waals surface area contributed by atoms with Crippen LogP contribution < -0.4 is 0 Å². The van der Waals surface area contributed by atoms with Crippen LogP contribution in [0.4, 0.5) is 0 Å². The van der Waals surface area contributed by atoms with E-state index >= 15 is 0 Å². The second-order valence-electron chi connectivity index (χ2n) is 4.04. The van der Waals surface area contributed by atoms with Gasteiger partial charge in [0, 0.05) is 0 Å². The molecule has 1 saturated heterocycles. The van der Waals surface area contributed by atoms with Gasteiger partial charge < -0.3 is 9.47 Å². The van der Waals surface area contributed by atoms with E-state index in [0.29, 0.717) is 0 Å². The largest absolute Gasteiger partial charge is 0.465 e. The maximum absolute atomic E-state index is 11.7. The summed E-state index contributed by atoms with van der Waals surface area (Å²) in [6.45, 7) is 5.72. The van der Waals surface area contributed by atoms with E-state index in [1.54, 1.807) is 6.92 Å². The lowest BCUT2D eigenvalue weighted by Gasteiger charge is -2.22. The molecule has 0 aliphatic carbocycles. The van der Waals surface area contributed by atoms with Gasteiger partial charge in [-0.3, -0.25) is 9.59 Å². The number of carbonyl (C=O) groups excluding carboxylic acids is 3. The molecule has 5 heteroatoms. The maximum atomic E-state index is 11.7. The number of hydrogen-bond donors (Lipinski definition) is 0. The van der Waals surface area contributed by atoms with Gasteiger partial charge in [0.25, 0.3) is 5.78 Å². The average Bonchev–Trinajstić information content (AvgIpc) is 2.58. The number of carbonyl (C=O) groups is 3. The molecular weight excluding hydrogens is 224 g/mol. The second-order valence-corrected chi connectivity index (χ2v) is 4.04. The molecule has 0 N–H and O–H groups in total. The fourth-order valence-electron chi connectivity index (χ4n) is 2.12. The topological polar surface area (TPSA) is 69.7 Å².